The lowest BCUT2D eigenvalue weighted by atomic mass is 9.99. The zero-order chi connectivity index (χ0) is 22.7. The van der Waals surface area contributed by atoms with Gasteiger partial charge in [-0.05, 0) is 43.6 Å². The molecule has 9 nitrogen and oxygen atoms in total. The van der Waals surface area contributed by atoms with E-state index < -0.39 is 5.91 Å². The van der Waals surface area contributed by atoms with Crippen LogP contribution in [0.25, 0.3) is 11.1 Å². The zero-order valence-corrected chi connectivity index (χ0v) is 18.7. The maximum Gasteiger partial charge on any atom is 0.248 e. The lowest BCUT2D eigenvalue weighted by Gasteiger charge is -2.34. The van der Waals surface area contributed by atoms with E-state index in [1.807, 2.05) is 30.0 Å². The molecule has 2 aromatic rings. The second-order valence-electron chi connectivity index (χ2n) is 8.49. The Hall–Kier alpha value is -3.04. The predicted octanol–water partition coefficient (Wildman–Crippen LogP) is 1.30. The fourth-order valence-electron chi connectivity index (χ4n) is 4.18. The van der Waals surface area contributed by atoms with Gasteiger partial charge in [0.1, 0.15) is 6.10 Å². The van der Waals surface area contributed by atoms with Crippen LogP contribution in [0.15, 0.2) is 30.5 Å². The number of aromatic nitrogens is 2. The Kier molecular flexibility index (Phi) is 6.66. The second kappa shape index (κ2) is 9.62. The van der Waals surface area contributed by atoms with E-state index in [4.69, 9.17) is 15.5 Å². The number of hydrogen-bond acceptors (Lipinski definition) is 7. The molecule has 170 valence electrons. The van der Waals surface area contributed by atoms with Gasteiger partial charge in [-0.2, -0.15) is 0 Å². The average molecular weight is 439 g/mol. The second-order valence-corrected chi connectivity index (χ2v) is 8.49. The number of anilines is 1. The van der Waals surface area contributed by atoms with Crippen LogP contribution in [0, 0.1) is 0 Å². The highest BCUT2D eigenvalue weighted by atomic mass is 16.5. The van der Waals surface area contributed by atoms with Crippen molar-refractivity contribution in [3.8, 4) is 11.1 Å². The van der Waals surface area contributed by atoms with E-state index in [1.165, 1.54) is 0 Å². The fourth-order valence-corrected chi connectivity index (χ4v) is 4.18. The molecule has 1 aromatic carbocycles. The molecule has 0 unspecified atom stereocenters. The van der Waals surface area contributed by atoms with Crippen LogP contribution in [0.4, 0.5) is 5.95 Å². The molecule has 1 atom stereocenters. The molecule has 2 aliphatic rings. The smallest absolute Gasteiger partial charge is 0.248 e. The number of hydrogen-bond donors (Lipinski definition) is 1. The highest BCUT2D eigenvalue weighted by molar-refractivity contribution is 5.94. The number of primary amides is 1. The van der Waals surface area contributed by atoms with Crippen LogP contribution in [0.1, 0.15) is 35.0 Å². The quantitative estimate of drug-likeness (QED) is 0.725. The van der Waals surface area contributed by atoms with Gasteiger partial charge in [-0.1, -0.05) is 12.1 Å². The molecule has 2 aliphatic heterocycles. The van der Waals surface area contributed by atoms with E-state index in [0.717, 1.165) is 37.1 Å². The van der Waals surface area contributed by atoms with Crippen LogP contribution in [0.3, 0.4) is 0 Å². The summed E-state index contributed by atoms with van der Waals surface area (Å²) in [5.74, 6) is 0.185. The number of nitrogens with two attached hydrogens (primary N) is 1. The third-order valence-electron chi connectivity index (χ3n) is 5.95. The van der Waals surface area contributed by atoms with Crippen molar-refractivity contribution in [3.05, 3.63) is 41.7 Å². The Morgan fingerprint density at radius 3 is 2.72 bits per heavy atom. The van der Waals surface area contributed by atoms with Gasteiger partial charge in [0.15, 0.2) is 0 Å². The van der Waals surface area contributed by atoms with Gasteiger partial charge in [0.05, 0.1) is 25.4 Å². The number of rotatable bonds is 6. The average Bonchev–Trinajstić information content (AvgIpc) is 3.32. The molecule has 2 saturated heterocycles. The van der Waals surface area contributed by atoms with Crippen LogP contribution < -0.4 is 10.6 Å². The zero-order valence-electron chi connectivity index (χ0n) is 18.7. The van der Waals surface area contributed by atoms with Crippen LogP contribution in [-0.2, 0) is 9.53 Å². The lowest BCUT2D eigenvalue weighted by molar-refractivity contribution is -0.140. The summed E-state index contributed by atoms with van der Waals surface area (Å²) in [5.41, 5.74) is 8.13. The molecule has 0 saturated carbocycles. The number of benzene rings is 1. The summed E-state index contributed by atoms with van der Waals surface area (Å²) in [7, 11) is 3.75. The molecule has 2 fully saturated rings. The summed E-state index contributed by atoms with van der Waals surface area (Å²) >= 11 is 0. The van der Waals surface area contributed by atoms with Crippen molar-refractivity contribution in [1.82, 2.24) is 19.8 Å². The molecular weight excluding hydrogens is 408 g/mol. The van der Waals surface area contributed by atoms with E-state index in [1.54, 1.807) is 24.4 Å². The van der Waals surface area contributed by atoms with Crippen molar-refractivity contribution in [3.63, 3.8) is 0 Å². The fraction of sp³-hybridized carbons (Fsp3) is 0.478. The Bertz CT molecular complexity index is 989. The molecule has 32 heavy (non-hydrogen) atoms. The number of carbonyl (C=O) groups excluding carboxylic acids is 2. The molecular formula is C23H30N6O3. The van der Waals surface area contributed by atoms with Gasteiger partial charge in [0.2, 0.25) is 17.8 Å². The number of likely N-dealkylation sites (tertiary alicyclic amines) is 1. The van der Waals surface area contributed by atoms with E-state index in [-0.39, 0.29) is 12.0 Å². The first-order chi connectivity index (χ1) is 15.4. The van der Waals surface area contributed by atoms with Gasteiger partial charge in [0.25, 0.3) is 0 Å². The monoisotopic (exact) mass is 438 g/mol. The van der Waals surface area contributed by atoms with Crippen LogP contribution in [0.2, 0.25) is 0 Å². The molecule has 2 amide bonds. The van der Waals surface area contributed by atoms with Crippen LogP contribution in [0.5, 0.6) is 0 Å². The SMILES string of the molecule is CN(C)c1ncc(-c2cccc(C(N)=O)c2)c([C@@H]2CN(C(=O)CN3CCCC3)CCO2)n1. The van der Waals surface area contributed by atoms with Gasteiger partial charge in [0, 0.05) is 38.0 Å². The Morgan fingerprint density at radius 1 is 1.22 bits per heavy atom. The number of morpholine rings is 1. The molecule has 0 aliphatic carbocycles. The van der Waals surface area contributed by atoms with Crippen molar-refractivity contribution in [2.75, 3.05) is 58.3 Å². The molecule has 4 rings (SSSR count). The summed E-state index contributed by atoms with van der Waals surface area (Å²) < 4.78 is 6.08. The van der Waals surface area contributed by atoms with Gasteiger partial charge in [-0.3, -0.25) is 14.5 Å². The van der Waals surface area contributed by atoms with E-state index >= 15 is 0 Å². The largest absolute Gasteiger partial charge is 0.368 e. The normalized spacial score (nSPS) is 19.2. The molecule has 0 bridgehead atoms. The number of nitrogens with zero attached hydrogens (tertiary/aromatic N) is 5. The van der Waals surface area contributed by atoms with Gasteiger partial charge in [-0.15, -0.1) is 0 Å². The first-order valence-corrected chi connectivity index (χ1v) is 11.0. The molecule has 0 radical (unpaired) electrons. The molecule has 0 spiro atoms. The van der Waals surface area contributed by atoms with Crippen molar-refractivity contribution in [2.24, 2.45) is 5.73 Å². The minimum absolute atomic E-state index is 0.124. The van der Waals surface area contributed by atoms with Crippen molar-refractivity contribution >= 4 is 17.8 Å². The van der Waals surface area contributed by atoms with E-state index in [2.05, 4.69) is 9.88 Å². The predicted molar refractivity (Wildman–Crippen MR) is 121 cm³/mol. The summed E-state index contributed by atoms with van der Waals surface area (Å²) in [5, 5.41) is 0. The van der Waals surface area contributed by atoms with Crippen molar-refractivity contribution < 1.29 is 14.3 Å². The van der Waals surface area contributed by atoms with Crippen molar-refractivity contribution in [1.29, 1.82) is 0 Å². The summed E-state index contributed by atoms with van der Waals surface area (Å²) in [6.45, 7) is 3.86. The van der Waals surface area contributed by atoms with E-state index in [9.17, 15) is 9.59 Å². The van der Waals surface area contributed by atoms with Gasteiger partial charge < -0.3 is 20.3 Å². The number of carbonyl (C=O) groups is 2. The Balaban J connectivity index is 1.63. The summed E-state index contributed by atoms with van der Waals surface area (Å²) in [6.07, 6.45) is 3.66. The Labute approximate surface area is 188 Å². The standard InChI is InChI=1S/C23H30N6O3/c1-27(2)23-25-13-18(16-6-5-7-17(12-16)22(24)31)21(26-23)19-14-29(10-11-32-19)20(30)15-28-8-3-4-9-28/h5-7,12-13,19H,3-4,8-11,14-15H2,1-2H3,(H2,24,31)/t19-/m0/s1. The first kappa shape index (κ1) is 22.2. The van der Waals surface area contributed by atoms with E-state index in [0.29, 0.717) is 43.4 Å². The van der Waals surface area contributed by atoms with Crippen LogP contribution in [-0.4, -0.2) is 85.0 Å². The number of ether oxygens (including phenoxy) is 1. The lowest BCUT2D eigenvalue weighted by Crippen LogP contribution is -2.46. The number of amides is 2. The topological polar surface area (TPSA) is 105 Å². The van der Waals surface area contributed by atoms with Crippen LogP contribution >= 0.6 is 0 Å². The maximum absolute atomic E-state index is 12.9. The molecule has 9 heteroatoms. The molecule has 1 aromatic heterocycles. The minimum atomic E-state index is -0.494. The first-order valence-electron chi connectivity index (χ1n) is 11.0. The highest BCUT2D eigenvalue weighted by Crippen LogP contribution is 2.32. The maximum atomic E-state index is 12.9. The third kappa shape index (κ3) is 4.89. The third-order valence-corrected chi connectivity index (χ3v) is 5.95. The van der Waals surface area contributed by atoms with Gasteiger partial charge in [-0.25, -0.2) is 9.97 Å². The Morgan fingerprint density at radius 2 is 2.00 bits per heavy atom. The minimum Gasteiger partial charge on any atom is -0.368 e. The molecule has 2 N–H and O–H groups in total. The van der Waals surface area contributed by atoms with Crippen molar-refractivity contribution in [2.45, 2.75) is 18.9 Å². The van der Waals surface area contributed by atoms with Gasteiger partial charge >= 0.3 is 0 Å². The molecule has 3 heterocycles. The summed E-state index contributed by atoms with van der Waals surface area (Å²) in [6, 6.07) is 7.09. The highest BCUT2D eigenvalue weighted by Gasteiger charge is 2.30. The summed E-state index contributed by atoms with van der Waals surface area (Å²) in [4.78, 5) is 39.7.